The molecule has 0 spiro atoms. The Labute approximate surface area is 126 Å². The van der Waals surface area contributed by atoms with Gasteiger partial charge in [-0.15, -0.1) is 0 Å². The van der Waals surface area contributed by atoms with Crippen molar-refractivity contribution in [1.29, 1.82) is 0 Å². The minimum Gasteiger partial charge on any atom is -0.858 e. The third kappa shape index (κ3) is 2.09. The number of pyridine rings is 1. The van der Waals surface area contributed by atoms with Crippen LogP contribution in [0.3, 0.4) is 0 Å². The highest BCUT2D eigenvalue weighted by atomic mass is 16.3. The van der Waals surface area contributed by atoms with Gasteiger partial charge in [0, 0.05) is 17.8 Å². The SMILES string of the molecule is [O-]c1cc(-c2ccccn2)nc2cc(-c3ccccc3)nn12. The summed E-state index contributed by atoms with van der Waals surface area (Å²) in [7, 11) is 0. The van der Waals surface area contributed by atoms with E-state index in [-0.39, 0.29) is 5.88 Å². The molecule has 0 bridgehead atoms. The molecule has 3 aromatic heterocycles. The van der Waals surface area contributed by atoms with Crippen molar-refractivity contribution in [2.75, 3.05) is 0 Å². The lowest BCUT2D eigenvalue weighted by Gasteiger charge is -2.10. The molecule has 0 fully saturated rings. The first-order chi connectivity index (χ1) is 10.8. The smallest absolute Gasteiger partial charge is 0.155 e. The van der Waals surface area contributed by atoms with Crippen LogP contribution in [0.2, 0.25) is 0 Å². The summed E-state index contributed by atoms with van der Waals surface area (Å²) in [6.45, 7) is 0. The van der Waals surface area contributed by atoms with Crippen molar-refractivity contribution in [3.8, 4) is 28.5 Å². The van der Waals surface area contributed by atoms with Gasteiger partial charge in [0.05, 0.1) is 17.1 Å². The molecular formula is C17H11N4O-. The molecule has 106 valence electrons. The fourth-order valence-corrected chi connectivity index (χ4v) is 2.34. The van der Waals surface area contributed by atoms with E-state index in [0.29, 0.717) is 17.0 Å². The highest BCUT2D eigenvalue weighted by Gasteiger charge is 2.08. The van der Waals surface area contributed by atoms with E-state index < -0.39 is 0 Å². The van der Waals surface area contributed by atoms with Crippen LogP contribution in [0.15, 0.2) is 66.9 Å². The molecule has 4 rings (SSSR count). The van der Waals surface area contributed by atoms with Crippen molar-refractivity contribution in [2.24, 2.45) is 0 Å². The molecule has 0 unspecified atom stereocenters. The molecule has 0 radical (unpaired) electrons. The second kappa shape index (κ2) is 4.96. The Kier molecular flexibility index (Phi) is 2.83. The van der Waals surface area contributed by atoms with Crippen molar-refractivity contribution in [2.45, 2.75) is 0 Å². The van der Waals surface area contributed by atoms with E-state index in [0.717, 1.165) is 11.3 Å². The zero-order chi connectivity index (χ0) is 14.9. The van der Waals surface area contributed by atoms with Gasteiger partial charge in [-0.3, -0.25) is 4.98 Å². The van der Waals surface area contributed by atoms with Crippen LogP contribution in [0.5, 0.6) is 5.88 Å². The van der Waals surface area contributed by atoms with Gasteiger partial charge >= 0.3 is 0 Å². The zero-order valence-electron chi connectivity index (χ0n) is 11.5. The van der Waals surface area contributed by atoms with Gasteiger partial charge in [-0.1, -0.05) is 36.4 Å². The predicted molar refractivity (Wildman–Crippen MR) is 81.1 cm³/mol. The molecule has 0 amide bonds. The molecule has 22 heavy (non-hydrogen) atoms. The fourth-order valence-electron chi connectivity index (χ4n) is 2.34. The normalized spacial score (nSPS) is 10.9. The number of benzene rings is 1. The maximum atomic E-state index is 12.3. The van der Waals surface area contributed by atoms with Crippen molar-refractivity contribution < 1.29 is 5.11 Å². The van der Waals surface area contributed by atoms with E-state index in [9.17, 15) is 5.11 Å². The third-order valence-corrected chi connectivity index (χ3v) is 3.39. The van der Waals surface area contributed by atoms with E-state index in [2.05, 4.69) is 15.1 Å². The van der Waals surface area contributed by atoms with Gasteiger partial charge in [0.1, 0.15) is 0 Å². The Morgan fingerprint density at radius 1 is 0.818 bits per heavy atom. The van der Waals surface area contributed by atoms with Crippen LogP contribution >= 0.6 is 0 Å². The average Bonchev–Trinajstić information content (AvgIpc) is 3.01. The summed E-state index contributed by atoms with van der Waals surface area (Å²) in [6.07, 6.45) is 1.68. The minimum atomic E-state index is -0.215. The van der Waals surface area contributed by atoms with Crippen molar-refractivity contribution >= 4 is 5.65 Å². The van der Waals surface area contributed by atoms with Crippen LogP contribution in [0.4, 0.5) is 0 Å². The lowest BCUT2D eigenvalue weighted by atomic mass is 10.2. The van der Waals surface area contributed by atoms with Gasteiger partial charge in [0.15, 0.2) is 5.65 Å². The second-order valence-electron chi connectivity index (χ2n) is 4.86. The van der Waals surface area contributed by atoms with Crippen molar-refractivity contribution in [3.05, 3.63) is 66.9 Å². The summed E-state index contributed by atoms with van der Waals surface area (Å²) in [4.78, 5) is 8.72. The van der Waals surface area contributed by atoms with Crippen molar-refractivity contribution in [3.63, 3.8) is 0 Å². The highest BCUT2D eigenvalue weighted by Crippen LogP contribution is 2.24. The lowest BCUT2D eigenvalue weighted by molar-refractivity contribution is -0.277. The Bertz CT molecular complexity index is 933. The van der Waals surface area contributed by atoms with Gasteiger partial charge in [0.2, 0.25) is 0 Å². The van der Waals surface area contributed by atoms with E-state index in [1.165, 1.54) is 10.6 Å². The average molecular weight is 287 g/mol. The van der Waals surface area contributed by atoms with Crippen LogP contribution in [0.25, 0.3) is 28.3 Å². The van der Waals surface area contributed by atoms with E-state index >= 15 is 0 Å². The molecule has 3 heterocycles. The Balaban J connectivity index is 1.88. The summed E-state index contributed by atoms with van der Waals surface area (Å²) in [5.41, 5.74) is 3.42. The molecule has 0 N–H and O–H groups in total. The molecule has 5 heteroatoms. The number of aromatic nitrogens is 4. The maximum absolute atomic E-state index is 12.3. The van der Waals surface area contributed by atoms with Gasteiger partial charge in [-0.05, 0) is 24.1 Å². The number of rotatable bonds is 2. The number of hydrogen-bond donors (Lipinski definition) is 0. The minimum absolute atomic E-state index is 0.215. The molecule has 1 aromatic carbocycles. The summed E-state index contributed by atoms with van der Waals surface area (Å²) >= 11 is 0. The number of hydrogen-bond acceptors (Lipinski definition) is 4. The molecule has 5 nitrogen and oxygen atoms in total. The number of nitrogens with zero attached hydrogens (tertiary/aromatic N) is 4. The molecule has 4 aromatic rings. The first kappa shape index (κ1) is 12.5. The first-order valence-corrected chi connectivity index (χ1v) is 6.86. The van der Waals surface area contributed by atoms with E-state index in [1.807, 2.05) is 54.6 Å². The highest BCUT2D eigenvalue weighted by molar-refractivity contribution is 5.67. The first-order valence-electron chi connectivity index (χ1n) is 6.86. The predicted octanol–water partition coefficient (Wildman–Crippen LogP) is 2.53. The third-order valence-electron chi connectivity index (χ3n) is 3.39. The Hall–Kier alpha value is -3.21. The zero-order valence-corrected chi connectivity index (χ0v) is 11.5. The van der Waals surface area contributed by atoms with Crippen LogP contribution in [0.1, 0.15) is 0 Å². The van der Waals surface area contributed by atoms with Crippen LogP contribution in [0, 0.1) is 0 Å². The molecular weight excluding hydrogens is 276 g/mol. The number of fused-ring (bicyclic) bond motifs is 1. The molecule has 0 aliphatic heterocycles. The summed E-state index contributed by atoms with van der Waals surface area (Å²) < 4.78 is 1.31. The quantitative estimate of drug-likeness (QED) is 0.568. The van der Waals surface area contributed by atoms with Crippen molar-refractivity contribution in [1.82, 2.24) is 19.6 Å². The second-order valence-corrected chi connectivity index (χ2v) is 4.86. The Morgan fingerprint density at radius 3 is 2.41 bits per heavy atom. The molecule has 0 saturated heterocycles. The Morgan fingerprint density at radius 2 is 1.64 bits per heavy atom. The summed E-state index contributed by atoms with van der Waals surface area (Å²) in [6, 6.07) is 18.5. The molecule has 0 atom stereocenters. The largest absolute Gasteiger partial charge is 0.858 e. The van der Waals surface area contributed by atoms with E-state index in [4.69, 9.17) is 0 Å². The monoisotopic (exact) mass is 287 g/mol. The van der Waals surface area contributed by atoms with Crippen LogP contribution in [-0.4, -0.2) is 19.6 Å². The van der Waals surface area contributed by atoms with Gasteiger partial charge < -0.3 is 5.11 Å². The van der Waals surface area contributed by atoms with E-state index in [1.54, 1.807) is 6.20 Å². The molecule has 0 aliphatic carbocycles. The maximum Gasteiger partial charge on any atom is 0.155 e. The van der Waals surface area contributed by atoms with Gasteiger partial charge in [-0.25, -0.2) is 9.50 Å². The van der Waals surface area contributed by atoms with Gasteiger partial charge in [0.25, 0.3) is 0 Å². The lowest BCUT2D eigenvalue weighted by Crippen LogP contribution is -2.03. The summed E-state index contributed by atoms with van der Waals surface area (Å²) in [5, 5.41) is 16.6. The van der Waals surface area contributed by atoms with Gasteiger partial charge in [-0.2, -0.15) is 5.10 Å². The standard InChI is InChI=1S/C17H12N4O/c22-17-11-15(13-8-4-5-9-18-13)19-16-10-14(20-21(16)17)12-6-2-1-3-7-12/h1-11,22H/p-1. The summed E-state index contributed by atoms with van der Waals surface area (Å²) in [5.74, 6) is -0.215. The fraction of sp³-hybridized carbons (Fsp3) is 0. The molecule has 0 saturated carbocycles. The van der Waals surface area contributed by atoms with Crippen LogP contribution < -0.4 is 5.11 Å². The topological polar surface area (TPSA) is 66.1 Å². The molecule has 0 aliphatic rings. The van der Waals surface area contributed by atoms with Crippen LogP contribution in [-0.2, 0) is 0 Å².